The molecule has 0 spiro atoms. The lowest BCUT2D eigenvalue weighted by Crippen LogP contribution is -2.31. The lowest BCUT2D eigenvalue weighted by molar-refractivity contribution is -0.114. The molecular weight excluding hydrogens is 469 g/mol. The lowest BCUT2D eigenvalue weighted by Gasteiger charge is -2.18. The molecule has 0 fully saturated rings. The van der Waals surface area contributed by atoms with E-state index in [4.69, 9.17) is 20.8 Å². The molecule has 0 atom stereocenters. The van der Waals surface area contributed by atoms with E-state index >= 15 is 0 Å². The largest absolute Gasteiger partial charge is 0.495 e. The smallest absolute Gasteiger partial charge is 0.283 e. The van der Waals surface area contributed by atoms with Gasteiger partial charge >= 0.3 is 0 Å². The van der Waals surface area contributed by atoms with E-state index in [1.165, 1.54) is 42.5 Å². The number of carbonyl (C=O) groups excluding carboxylic acids is 2. The van der Waals surface area contributed by atoms with E-state index in [-0.39, 0.29) is 22.5 Å². The molecule has 2 aromatic carbocycles. The van der Waals surface area contributed by atoms with Gasteiger partial charge in [-0.05, 0) is 48.5 Å². The van der Waals surface area contributed by atoms with E-state index < -0.39 is 11.7 Å². The number of hydrogen-bond acceptors (Lipinski definition) is 6. The highest BCUT2D eigenvalue weighted by Crippen LogP contribution is 2.34. The van der Waals surface area contributed by atoms with Crippen molar-refractivity contribution in [2.45, 2.75) is 0 Å². The zero-order chi connectivity index (χ0) is 23.4. The first kappa shape index (κ1) is 22.6. The summed E-state index contributed by atoms with van der Waals surface area (Å²) in [6, 6.07) is 13.9. The molecule has 1 aliphatic rings. The van der Waals surface area contributed by atoms with Crippen molar-refractivity contribution in [2.24, 2.45) is 4.99 Å². The van der Waals surface area contributed by atoms with E-state index in [0.717, 1.165) is 11.8 Å². The van der Waals surface area contributed by atoms with Crippen LogP contribution in [0.15, 0.2) is 76.0 Å². The number of rotatable bonds is 6. The normalized spacial score (nSPS) is 14.5. The van der Waals surface area contributed by atoms with E-state index in [1.54, 1.807) is 36.4 Å². The number of furan rings is 1. The molecule has 3 aromatic rings. The van der Waals surface area contributed by atoms with Gasteiger partial charge in [0, 0.05) is 11.8 Å². The van der Waals surface area contributed by atoms with Gasteiger partial charge in [-0.1, -0.05) is 29.4 Å². The Morgan fingerprint density at radius 1 is 1.27 bits per heavy atom. The van der Waals surface area contributed by atoms with Gasteiger partial charge in [-0.3, -0.25) is 14.5 Å². The van der Waals surface area contributed by atoms with Crippen LogP contribution in [0.5, 0.6) is 5.75 Å². The van der Waals surface area contributed by atoms with E-state index in [0.29, 0.717) is 27.9 Å². The zero-order valence-electron chi connectivity index (χ0n) is 17.2. The van der Waals surface area contributed by atoms with E-state index in [2.05, 4.69) is 10.3 Å². The molecule has 2 heterocycles. The van der Waals surface area contributed by atoms with Crippen LogP contribution in [0, 0.1) is 5.82 Å². The fourth-order valence-corrected chi connectivity index (χ4v) is 4.08. The second-order valence-corrected chi connectivity index (χ2v) is 8.10. The molecule has 7 nitrogen and oxygen atoms in total. The first-order chi connectivity index (χ1) is 15.9. The molecule has 0 unspecified atom stereocenters. The summed E-state index contributed by atoms with van der Waals surface area (Å²) >= 11 is 7.31. The average Bonchev–Trinajstić information content (AvgIpc) is 3.40. The summed E-state index contributed by atoms with van der Waals surface area (Å²) in [7, 11) is 1.49. The Labute approximate surface area is 197 Å². The van der Waals surface area contributed by atoms with Crippen molar-refractivity contribution in [2.75, 3.05) is 23.1 Å². The number of aliphatic imine (C=N–C) groups is 1. The van der Waals surface area contributed by atoms with Crippen LogP contribution in [-0.2, 0) is 9.59 Å². The minimum atomic E-state index is -0.457. The highest BCUT2D eigenvalue weighted by Gasteiger charge is 2.33. The molecule has 0 saturated carbocycles. The van der Waals surface area contributed by atoms with E-state index in [9.17, 15) is 14.0 Å². The summed E-state index contributed by atoms with van der Waals surface area (Å²) in [6.07, 6.45) is 3.00. The third-order valence-electron chi connectivity index (χ3n) is 4.49. The fourth-order valence-electron chi connectivity index (χ4n) is 3.02. The number of halogens is 2. The molecule has 4 rings (SSSR count). The number of amidine groups is 1. The van der Waals surface area contributed by atoms with Gasteiger partial charge in [0.25, 0.3) is 5.91 Å². The molecule has 1 N–H and O–H groups in total. The van der Waals surface area contributed by atoms with Crippen molar-refractivity contribution in [3.8, 4) is 5.75 Å². The number of nitrogens with zero attached hydrogens (tertiary/aromatic N) is 2. The standard InChI is InChI=1S/C23H17ClFN3O4S/c1-31-20-8-7-16(11-18(20)24)28-22(30)19(12-17-6-3-9-32-17)27-23(28)33-13-21(29)26-15-5-2-4-14(25)10-15/h2-12H,13H2,1H3,(H,26,29)/b19-12+. The Bertz CT molecular complexity index is 1260. The van der Waals surface area contributed by atoms with Gasteiger partial charge in [-0.2, -0.15) is 0 Å². The summed E-state index contributed by atoms with van der Waals surface area (Å²) in [4.78, 5) is 31.3. The van der Waals surface area contributed by atoms with Crippen molar-refractivity contribution >= 4 is 57.8 Å². The molecule has 0 aliphatic carbocycles. The third kappa shape index (κ3) is 5.27. The van der Waals surface area contributed by atoms with Gasteiger partial charge in [0.2, 0.25) is 5.91 Å². The number of benzene rings is 2. The Balaban J connectivity index is 1.57. The van der Waals surface area contributed by atoms with Crippen molar-refractivity contribution < 1.29 is 23.1 Å². The number of hydrogen-bond donors (Lipinski definition) is 1. The van der Waals surface area contributed by atoms with Crippen LogP contribution >= 0.6 is 23.4 Å². The van der Waals surface area contributed by atoms with Crippen molar-refractivity contribution in [3.05, 3.63) is 83.2 Å². The number of carbonyl (C=O) groups is 2. The monoisotopic (exact) mass is 485 g/mol. The summed E-state index contributed by atoms with van der Waals surface area (Å²) in [6.45, 7) is 0. The number of thioether (sulfide) groups is 1. The Hall–Kier alpha value is -3.56. The molecule has 0 saturated heterocycles. The van der Waals surface area contributed by atoms with Crippen LogP contribution in [0.4, 0.5) is 15.8 Å². The molecule has 33 heavy (non-hydrogen) atoms. The summed E-state index contributed by atoms with van der Waals surface area (Å²) in [5.74, 6) is -0.375. The number of ether oxygens (including phenoxy) is 1. The van der Waals surface area contributed by atoms with Crippen LogP contribution in [0.25, 0.3) is 6.08 Å². The molecule has 10 heteroatoms. The maximum absolute atomic E-state index is 13.4. The van der Waals surface area contributed by atoms with Gasteiger partial charge < -0.3 is 14.5 Å². The van der Waals surface area contributed by atoms with Gasteiger partial charge in [-0.15, -0.1) is 0 Å². The predicted molar refractivity (Wildman–Crippen MR) is 127 cm³/mol. The molecule has 1 aliphatic heterocycles. The summed E-state index contributed by atoms with van der Waals surface area (Å²) in [5.41, 5.74) is 0.942. The topological polar surface area (TPSA) is 84.1 Å². The predicted octanol–water partition coefficient (Wildman–Crippen LogP) is 5.20. The highest BCUT2D eigenvalue weighted by molar-refractivity contribution is 8.14. The maximum atomic E-state index is 13.4. The maximum Gasteiger partial charge on any atom is 0.283 e. The van der Waals surface area contributed by atoms with Crippen LogP contribution in [-0.4, -0.2) is 29.8 Å². The first-order valence-electron chi connectivity index (χ1n) is 9.64. The van der Waals surface area contributed by atoms with Crippen LogP contribution in [0.1, 0.15) is 5.76 Å². The van der Waals surface area contributed by atoms with Crippen molar-refractivity contribution in [3.63, 3.8) is 0 Å². The fraction of sp³-hybridized carbons (Fsp3) is 0.0870. The number of amides is 2. The SMILES string of the molecule is COc1ccc(N2C(=O)/C(=C\c3ccco3)N=C2SCC(=O)Nc2cccc(F)c2)cc1Cl. The number of nitrogens with one attached hydrogen (secondary N) is 1. The van der Waals surface area contributed by atoms with Gasteiger partial charge in [0.15, 0.2) is 5.17 Å². The molecule has 2 amide bonds. The molecule has 1 aromatic heterocycles. The minimum Gasteiger partial charge on any atom is -0.495 e. The Kier molecular flexibility index (Phi) is 6.81. The van der Waals surface area contributed by atoms with Crippen molar-refractivity contribution in [1.29, 1.82) is 0 Å². The Morgan fingerprint density at radius 2 is 2.12 bits per heavy atom. The first-order valence-corrected chi connectivity index (χ1v) is 11.0. The van der Waals surface area contributed by atoms with Gasteiger partial charge in [0.05, 0.1) is 29.8 Å². The second kappa shape index (κ2) is 9.93. The van der Waals surface area contributed by atoms with Crippen LogP contribution < -0.4 is 15.0 Å². The second-order valence-electron chi connectivity index (χ2n) is 6.75. The number of methoxy groups -OCH3 is 1. The molecule has 0 bridgehead atoms. The Morgan fingerprint density at radius 3 is 2.82 bits per heavy atom. The quantitative estimate of drug-likeness (QED) is 0.485. The molecule has 0 radical (unpaired) electrons. The van der Waals surface area contributed by atoms with Crippen molar-refractivity contribution in [1.82, 2.24) is 0 Å². The summed E-state index contributed by atoms with van der Waals surface area (Å²) < 4.78 is 23.8. The van der Waals surface area contributed by atoms with Gasteiger partial charge in [-0.25, -0.2) is 9.38 Å². The van der Waals surface area contributed by atoms with Gasteiger partial charge in [0.1, 0.15) is 23.0 Å². The third-order valence-corrected chi connectivity index (χ3v) is 5.72. The van der Waals surface area contributed by atoms with E-state index in [1.807, 2.05) is 0 Å². The minimum absolute atomic E-state index is 0.0585. The molecule has 168 valence electrons. The summed E-state index contributed by atoms with van der Waals surface area (Å²) in [5, 5.41) is 3.22. The molecular formula is C23H17ClFN3O4S. The highest BCUT2D eigenvalue weighted by atomic mass is 35.5. The number of anilines is 2. The average molecular weight is 486 g/mol. The lowest BCUT2D eigenvalue weighted by atomic mass is 10.2. The van der Waals surface area contributed by atoms with Crippen LogP contribution in [0.2, 0.25) is 5.02 Å². The zero-order valence-corrected chi connectivity index (χ0v) is 18.8. The van der Waals surface area contributed by atoms with Crippen LogP contribution in [0.3, 0.4) is 0 Å².